The van der Waals surface area contributed by atoms with Crippen LogP contribution in [-0.2, 0) is 0 Å². The third kappa shape index (κ3) is 3.92. The van der Waals surface area contributed by atoms with E-state index in [4.69, 9.17) is 18.3 Å². The Balaban J connectivity index is 1.56. The fraction of sp³-hybridized carbons (Fsp3) is 0.0625. The Bertz CT molecular complexity index is 1920. The van der Waals surface area contributed by atoms with E-state index >= 15 is 0 Å². The summed E-state index contributed by atoms with van der Waals surface area (Å²) in [6.07, 6.45) is 0. The van der Waals surface area contributed by atoms with E-state index in [0.717, 1.165) is 11.1 Å². The summed E-state index contributed by atoms with van der Waals surface area (Å²) in [4.78, 5) is 26.4. The van der Waals surface area contributed by atoms with E-state index in [0.29, 0.717) is 50.7 Å². The molecular weight excluding hydrogens is 480 g/mol. The molecule has 38 heavy (non-hydrogen) atoms. The number of hydrogen-bond acceptors (Lipinski definition) is 6. The van der Waals surface area contributed by atoms with Gasteiger partial charge in [0.05, 0.1) is 25.2 Å². The van der Waals surface area contributed by atoms with Gasteiger partial charge in [-0.2, -0.15) is 0 Å². The van der Waals surface area contributed by atoms with Gasteiger partial charge in [0, 0.05) is 29.3 Å². The van der Waals surface area contributed by atoms with Gasteiger partial charge in [-0.3, -0.25) is 9.59 Å². The normalized spacial score (nSPS) is 11.1. The van der Waals surface area contributed by atoms with Gasteiger partial charge in [0.1, 0.15) is 39.6 Å². The van der Waals surface area contributed by atoms with Gasteiger partial charge in [-0.1, -0.05) is 66.7 Å². The second kappa shape index (κ2) is 9.41. The molecule has 6 aromatic rings. The lowest BCUT2D eigenvalue weighted by Gasteiger charge is -2.16. The molecule has 2 heterocycles. The summed E-state index contributed by atoms with van der Waals surface area (Å²) >= 11 is 0. The first-order valence-electron chi connectivity index (χ1n) is 12.0. The molecule has 0 aliphatic rings. The van der Waals surface area contributed by atoms with E-state index in [9.17, 15) is 9.59 Å². The van der Waals surface area contributed by atoms with Crippen LogP contribution in [0.1, 0.15) is 0 Å². The second-order valence-electron chi connectivity index (χ2n) is 8.75. The Morgan fingerprint density at radius 2 is 1.18 bits per heavy atom. The summed E-state index contributed by atoms with van der Waals surface area (Å²) in [5, 5.41) is 0.687. The molecule has 186 valence electrons. The van der Waals surface area contributed by atoms with Crippen LogP contribution in [0.5, 0.6) is 11.5 Å². The van der Waals surface area contributed by atoms with Crippen molar-refractivity contribution in [3.05, 3.63) is 118 Å². The molecule has 0 aliphatic carbocycles. The van der Waals surface area contributed by atoms with Gasteiger partial charge in [-0.25, -0.2) is 0 Å². The van der Waals surface area contributed by atoms with Crippen LogP contribution >= 0.6 is 0 Å². The summed E-state index contributed by atoms with van der Waals surface area (Å²) in [7, 11) is 3.02. The predicted molar refractivity (Wildman–Crippen MR) is 148 cm³/mol. The van der Waals surface area contributed by atoms with Crippen LogP contribution in [0.3, 0.4) is 0 Å². The van der Waals surface area contributed by atoms with Gasteiger partial charge in [0.25, 0.3) is 0 Å². The molecule has 0 bridgehead atoms. The molecule has 0 spiro atoms. The van der Waals surface area contributed by atoms with E-state index in [1.165, 1.54) is 26.4 Å². The molecule has 0 amide bonds. The standard InChI is InChI=1S/C32H22O6/c1-35-28-18-29-31(24(34)17-27(38-29)20-11-7-4-8-12-20)32(36-2)30(28)21-13-14-25-22(15-21)23(33)16-26(37-25)19-9-5-3-6-10-19/h3-18H,1-2H3. The SMILES string of the molecule is COc1cc2oc(-c3ccccc3)cc(=O)c2c(OC)c1-c1ccc2oc(-c3ccccc3)cc(=O)c2c1. The van der Waals surface area contributed by atoms with Crippen LogP contribution in [-0.4, -0.2) is 14.2 Å². The van der Waals surface area contributed by atoms with Crippen molar-refractivity contribution in [1.82, 2.24) is 0 Å². The van der Waals surface area contributed by atoms with Crippen molar-refractivity contribution >= 4 is 21.9 Å². The monoisotopic (exact) mass is 502 g/mol. The zero-order valence-electron chi connectivity index (χ0n) is 20.7. The molecule has 0 atom stereocenters. The van der Waals surface area contributed by atoms with E-state index in [2.05, 4.69) is 0 Å². The van der Waals surface area contributed by atoms with E-state index in [1.54, 1.807) is 18.2 Å². The number of rotatable bonds is 5. The van der Waals surface area contributed by atoms with E-state index < -0.39 is 0 Å². The number of methoxy groups -OCH3 is 2. The minimum absolute atomic E-state index is 0.183. The predicted octanol–water partition coefficient (Wildman–Crippen LogP) is 6.92. The average molecular weight is 503 g/mol. The van der Waals surface area contributed by atoms with Crippen LogP contribution in [0, 0.1) is 0 Å². The summed E-state index contributed by atoms with van der Waals surface area (Å²) in [5.41, 5.74) is 3.12. The molecule has 6 nitrogen and oxygen atoms in total. The van der Waals surface area contributed by atoms with Crippen molar-refractivity contribution in [2.75, 3.05) is 14.2 Å². The summed E-state index contributed by atoms with van der Waals surface area (Å²) in [6, 6.07) is 28.7. The Morgan fingerprint density at radius 1 is 0.579 bits per heavy atom. The van der Waals surface area contributed by atoms with Gasteiger partial charge in [-0.15, -0.1) is 0 Å². The number of ether oxygens (including phenoxy) is 2. The third-order valence-corrected chi connectivity index (χ3v) is 6.49. The Labute approximate surface area is 217 Å². The number of benzene rings is 4. The molecular formula is C32H22O6. The maximum Gasteiger partial charge on any atom is 0.197 e. The zero-order chi connectivity index (χ0) is 26.2. The van der Waals surface area contributed by atoms with Gasteiger partial charge >= 0.3 is 0 Å². The second-order valence-corrected chi connectivity index (χ2v) is 8.75. The van der Waals surface area contributed by atoms with E-state index in [-0.39, 0.29) is 16.2 Å². The van der Waals surface area contributed by atoms with Crippen molar-refractivity contribution in [3.63, 3.8) is 0 Å². The van der Waals surface area contributed by atoms with Crippen LogP contribution in [0.2, 0.25) is 0 Å². The molecule has 0 fully saturated rings. The van der Waals surface area contributed by atoms with Crippen molar-refractivity contribution in [2.24, 2.45) is 0 Å². The third-order valence-electron chi connectivity index (χ3n) is 6.49. The first-order chi connectivity index (χ1) is 18.6. The fourth-order valence-electron chi connectivity index (χ4n) is 4.70. The molecule has 0 aliphatic heterocycles. The minimum atomic E-state index is -0.251. The minimum Gasteiger partial charge on any atom is -0.496 e. The average Bonchev–Trinajstić information content (AvgIpc) is 2.96. The van der Waals surface area contributed by atoms with Crippen molar-refractivity contribution < 1.29 is 18.3 Å². The highest BCUT2D eigenvalue weighted by Crippen LogP contribution is 2.44. The van der Waals surface area contributed by atoms with E-state index in [1.807, 2.05) is 66.7 Å². The Hall–Kier alpha value is -5.10. The van der Waals surface area contributed by atoms with Crippen LogP contribution in [0.25, 0.3) is 55.7 Å². The summed E-state index contributed by atoms with van der Waals surface area (Å²) in [6.45, 7) is 0. The van der Waals surface area contributed by atoms with Gasteiger partial charge in [0.2, 0.25) is 0 Å². The van der Waals surface area contributed by atoms with Crippen molar-refractivity contribution in [1.29, 1.82) is 0 Å². The molecule has 0 unspecified atom stereocenters. The molecule has 0 saturated heterocycles. The highest BCUT2D eigenvalue weighted by molar-refractivity contribution is 5.97. The molecule has 0 saturated carbocycles. The topological polar surface area (TPSA) is 78.9 Å². The molecule has 0 radical (unpaired) electrons. The quantitative estimate of drug-likeness (QED) is 0.255. The molecule has 2 aromatic heterocycles. The number of fused-ring (bicyclic) bond motifs is 2. The van der Waals surface area contributed by atoms with Gasteiger partial charge in [-0.05, 0) is 17.7 Å². The van der Waals surface area contributed by atoms with Crippen molar-refractivity contribution in [3.8, 4) is 45.3 Å². The first kappa shape index (κ1) is 23.3. The lowest BCUT2D eigenvalue weighted by atomic mass is 9.98. The zero-order valence-corrected chi connectivity index (χ0v) is 20.7. The Kier molecular flexibility index (Phi) is 5.77. The van der Waals surface area contributed by atoms with Crippen molar-refractivity contribution in [2.45, 2.75) is 0 Å². The highest BCUT2D eigenvalue weighted by Gasteiger charge is 2.22. The lowest BCUT2D eigenvalue weighted by Crippen LogP contribution is -2.05. The summed E-state index contributed by atoms with van der Waals surface area (Å²) < 4.78 is 23.6. The largest absolute Gasteiger partial charge is 0.496 e. The first-order valence-corrected chi connectivity index (χ1v) is 12.0. The van der Waals surface area contributed by atoms with Crippen LogP contribution in [0.15, 0.2) is 115 Å². The van der Waals surface area contributed by atoms with Crippen LogP contribution < -0.4 is 20.3 Å². The molecule has 6 rings (SSSR count). The Morgan fingerprint density at radius 3 is 1.79 bits per heavy atom. The number of hydrogen-bond donors (Lipinski definition) is 0. The highest BCUT2D eigenvalue weighted by atomic mass is 16.5. The van der Waals surface area contributed by atoms with Gasteiger partial charge in [0.15, 0.2) is 10.9 Å². The molecule has 4 aromatic carbocycles. The molecule has 0 N–H and O–H groups in total. The van der Waals surface area contributed by atoms with Crippen LogP contribution in [0.4, 0.5) is 0 Å². The summed E-state index contributed by atoms with van der Waals surface area (Å²) in [5.74, 6) is 1.67. The maximum absolute atomic E-state index is 13.3. The lowest BCUT2D eigenvalue weighted by molar-refractivity contribution is 0.399. The maximum atomic E-state index is 13.3. The molecule has 6 heteroatoms. The fourth-order valence-corrected chi connectivity index (χ4v) is 4.70. The van der Waals surface area contributed by atoms with Gasteiger partial charge < -0.3 is 18.3 Å². The smallest absolute Gasteiger partial charge is 0.197 e.